The van der Waals surface area contributed by atoms with E-state index in [4.69, 9.17) is 0 Å². The number of carbonyl (C=O) groups is 1. The van der Waals surface area contributed by atoms with Crippen LogP contribution >= 0.6 is 11.8 Å². The molecule has 0 aliphatic rings. The summed E-state index contributed by atoms with van der Waals surface area (Å²) >= 11 is 1.44. The lowest BCUT2D eigenvalue weighted by atomic mass is 10.1. The second kappa shape index (κ2) is 10.3. The molecule has 0 radical (unpaired) electrons. The van der Waals surface area contributed by atoms with Gasteiger partial charge in [-0.05, 0) is 30.2 Å². The maximum atomic E-state index is 13.0. The average molecular weight is 443 g/mol. The van der Waals surface area contributed by atoms with Gasteiger partial charge in [-0.25, -0.2) is 0 Å². The van der Waals surface area contributed by atoms with E-state index in [2.05, 4.69) is 26.9 Å². The van der Waals surface area contributed by atoms with Crippen LogP contribution in [0.5, 0.6) is 0 Å². The molecule has 0 spiro atoms. The van der Waals surface area contributed by atoms with Crippen LogP contribution in [0, 0.1) is 0 Å². The van der Waals surface area contributed by atoms with Gasteiger partial charge in [0.2, 0.25) is 5.91 Å². The highest BCUT2D eigenvalue weighted by atomic mass is 32.2. The number of rotatable bonds is 8. The summed E-state index contributed by atoms with van der Waals surface area (Å²) in [5.74, 6) is 0.910. The van der Waals surface area contributed by atoms with Gasteiger partial charge in [0.15, 0.2) is 5.16 Å². The molecule has 0 saturated carbocycles. The molecule has 1 atom stereocenters. The highest BCUT2D eigenvalue weighted by molar-refractivity contribution is 8.00. The molecule has 1 aromatic heterocycles. The summed E-state index contributed by atoms with van der Waals surface area (Å²) in [5.41, 5.74) is 3.27. The first kappa shape index (κ1) is 21.8. The minimum Gasteiger partial charge on any atom is -0.340 e. The first-order valence-corrected chi connectivity index (χ1v) is 11.5. The predicted molar refractivity (Wildman–Crippen MR) is 129 cm³/mol. The molecule has 162 valence electrons. The molecular weight excluding hydrogens is 416 g/mol. The maximum Gasteiger partial charge on any atom is 0.235 e. The fraction of sp³-hybridized carbons (Fsp3) is 0.192. The SMILES string of the molecule is CC(Sc1nnc(Cc2ccccc2)n1-c1ccccc1)C(=O)N(C)Cc1ccccc1. The van der Waals surface area contributed by atoms with E-state index in [0.29, 0.717) is 13.0 Å². The van der Waals surface area contributed by atoms with Crippen LogP contribution in [0.2, 0.25) is 0 Å². The Labute approximate surface area is 193 Å². The summed E-state index contributed by atoms with van der Waals surface area (Å²) in [6.07, 6.45) is 0.666. The molecule has 0 aliphatic carbocycles. The minimum absolute atomic E-state index is 0.0612. The molecule has 5 nitrogen and oxygen atoms in total. The lowest BCUT2D eigenvalue weighted by Gasteiger charge is -2.21. The fourth-order valence-electron chi connectivity index (χ4n) is 3.56. The summed E-state index contributed by atoms with van der Waals surface area (Å²) in [5, 5.41) is 9.37. The standard InChI is InChI=1S/C26H26N4OS/c1-20(25(31)29(2)19-22-14-8-4-9-15-22)32-26-28-27-24(18-21-12-6-3-7-13-21)30(26)23-16-10-5-11-17-23/h3-17,20H,18-19H2,1-2H3. The number of hydrogen-bond acceptors (Lipinski definition) is 4. The second-order valence-corrected chi connectivity index (χ2v) is 8.98. The molecule has 0 saturated heterocycles. The van der Waals surface area contributed by atoms with Crippen LogP contribution in [-0.4, -0.2) is 37.9 Å². The van der Waals surface area contributed by atoms with E-state index in [1.807, 2.05) is 92.8 Å². The summed E-state index contributed by atoms with van der Waals surface area (Å²) in [6.45, 7) is 2.50. The number of para-hydroxylation sites is 1. The molecule has 0 N–H and O–H groups in total. The zero-order valence-corrected chi connectivity index (χ0v) is 19.1. The topological polar surface area (TPSA) is 51.0 Å². The Morgan fingerprint density at radius 2 is 1.44 bits per heavy atom. The summed E-state index contributed by atoms with van der Waals surface area (Å²) in [6, 6.07) is 30.3. The monoisotopic (exact) mass is 442 g/mol. The van der Waals surface area contributed by atoms with E-state index >= 15 is 0 Å². The van der Waals surface area contributed by atoms with Gasteiger partial charge in [0.25, 0.3) is 0 Å². The summed E-state index contributed by atoms with van der Waals surface area (Å²) in [7, 11) is 1.84. The Morgan fingerprint density at radius 3 is 2.06 bits per heavy atom. The van der Waals surface area contributed by atoms with E-state index in [1.165, 1.54) is 17.3 Å². The van der Waals surface area contributed by atoms with Gasteiger partial charge in [-0.1, -0.05) is 90.6 Å². The Morgan fingerprint density at radius 1 is 0.875 bits per heavy atom. The molecular formula is C26H26N4OS. The zero-order chi connectivity index (χ0) is 22.3. The van der Waals surface area contributed by atoms with Crippen molar-refractivity contribution in [3.8, 4) is 5.69 Å². The van der Waals surface area contributed by atoms with Crippen molar-refractivity contribution in [2.24, 2.45) is 0 Å². The number of carbonyl (C=O) groups excluding carboxylic acids is 1. The highest BCUT2D eigenvalue weighted by Gasteiger charge is 2.23. The molecule has 1 heterocycles. The van der Waals surface area contributed by atoms with Crippen molar-refractivity contribution in [2.45, 2.75) is 30.3 Å². The number of amides is 1. The molecule has 0 bridgehead atoms. The van der Waals surface area contributed by atoms with E-state index in [9.17, 15) is 4.79 Å². The average Bonchev–Trinajstić information content (AvgIpc) is 3.22. The third kappa shape index (κ3) is 5.26. The van der Waals surface area contributed by atoms with Crippen LogP contribution < -0.4 is 0 Å². The van der Waals surface area contributed by atoms with Gasteiger partial charge in [-0.2, -0.15) is 0 Å². The van der Waals surface area contributed by atoms with Gasteiger partial charge in [-0.3, -0.25) is 9.36 Å². The number of nitrogens with zero attached hydrogens (tertiary/aromatic N) is 4. The minimum atomic E-state index is -0.292. The van der Waals surface area contributed by atoms with E-state index in [0.717, 1.165) is 22.2 Å². The molecule has 6 heteroatoms. The molecule has 32 heavy (non-hydrogen) atoms. The predicted octanol–water partition coefficient (Wildman–Crippen LogP) is 5.00. The number of thioether (sulfide) groups is 1. The molecule has 0 aliphatic heterocycles. The van der Waals surface area contributed by atoms with Crippen molar-refractivity contribution in [2.75, 3.05) is 7.05 Å². The maximum absolute atomic E-state index is 13.0. The van der Waals surface area contributed by atoms with Gasteiger partial charge in [0.05, 0.1) is 5.25 Å². The van der Waals surface area contributed by atoms with Crippen LogP contribution in [0.15, 0.2) is 96.2 Å². The summed E-state index contributed by atoms with van der Waals surface area (Å²) < 4.78 is 2.05. The molecule has 4 aromatic rings. The van der Waals surface area contributed by atoms with Crippen molar-refractivity contribution < 1.29 is 4.79 Å². The third-order valence-electron chi connectivity index (χ3n) is 5.19. The Kier molecular flexibility index (Phi) is 7.02. The fourth-order valence-corrected chi connectivity index (χ4v) is 4.56. The lowest BCUT2D eigenvalue weighted by molar-refractivity contribution is -0.129. The third-order valence-corrected chi connectivity index (χ3v) is 6.22. The molecule has 1 amide bonds. The highest BCUT2D eigenvalue weighted by Crippen LogP contribution is 2.27. The van der Waals surface area contributed by atoms with Crippen LogP contribution in [0.3, 0.4) is 0 Å². The number of aromatic nitrogens is 3. The van der Waals surface area contributed by atoms with Crippen molar-refractivity contribution in [1.82, 2.24) is 19.7 Å². The van der Waals surface area contributed by atoms with E-state index in [1.54, 1.807) is 4.90 Å². The second-order valence-electron chi connectivity index (χ2n) is 7.67. The first-order chi connectivity index (χ1) is 15.6. The van der Waals surface area contributed by atoms with Crippen LogP contribution in [0.25, 0.3) is 5.69 Å². The van der Waals surface area contributed by atoms with Gasteiger partial charge in [0.1, 0.15) is 5.82 Å². The summed E-state index contributed by atoms with van der Waals surface area (Å²) in [4.78, 5) is 14.8. The van der Waals surface area contributed by atoms with Gasteiger partial charge >= 0.3 is 0 Å². The Bertz CT molecular complexity index is 1150. The molecule has 0 fully saturated rings. The van der Waals surface area contributed by atoms with E-state index < -0.39 is 0 Å². The van der Waals surface area contributed by atoms with Crippen molar-refractivity contribution >= 4 is 17.7 Å². The number of benzene rings is 3. The molecule has 1 unspecified atom stereocenters. The Balaban J connectivity index is 1.55. The molecule has 3 aromatic carbocycles. The first-order valence-electron chi connectivity index (χ1n) is 10.6. The largest absolute Gasteiger partial charge is 0.340 e. The smallest absolute Gasteiger partial charge is 0.235 e. The van der Waals surface area contributed by atoms with Crippen LogP contribution in [0.4, 0.5) is 0 Å². The quantitative estimate of drug-likeness (QED) is 0.361. The van der Waals surface area contributed by atoms with Crippen molar-refractivity contribution in [3.05, 3.63) is 108 Å². The van der Waals surface area contributed by atoms with Crippen molar-refractivity contribution in [1.29, 1.82) is 0 Å². The van der Waals surface area contributed by atoms with Gasteiger partial charge < -0.3 is 4.90 Å². The van der Waals surface area contributed by atoms with Gasteiger partial charge in [0, 0.05) is 25.7 Å². The van der Waals surface area contributed by atoms with Crippen molar-refractivity contribution in [3.63, 3.8) is 0 Å². The van der Waals surface area contributed by atoms with Crippen LogP contribution in [-0.2, 0) is 17.8 Å². The van der Waals surface area contributed by atoms with E-state index in [-0.39, 0.29) is 11.2 Å². The normalized spacial score (nSPS) is 11.8. The van der Waals surface area contributed by atoms with Gasteiger partial charge in [-0.15, -0.1) is 10.2 Å². The number of hydrogen-bond donors (Lipinski definition) is 0. The Hall–Kier alpha value is -3.38. The lowest BCUT2D eigenvalue weighted by Crippen LogP contribution is -2.33. The molecule has 4 rings (SSSR count). The zero-order valence-electron chi connectivity index (χ0n) is 18.3. The van der Waals surface area contributed by atoms with Crippen LogP contribution in [0.1, 0.15) is 23.9 Å².